The van der Waals surface area contributed by atoms with Crippen molar-refractivity contribution in [3.8, 4) is 0 Å². The number of likely N-dealkylation sites (tertiary alicyclic amines) is 1. The van der Waals surface area contributed by atoms with E-state index in [-0.39, 0.29) is 18.9 Å². The summed E-state index contributed by atoms with van der Waals surface area (Å²) in [4.78, 5) is 1.86. The Morgan fingerprint density at radius 1 is 1.46 bits per heavy atom. The molecule has 1 saturated carbocycles. The molecule has 2 aliphatic rings. The lowest BCUT2D eigenvalue weighted by molar-refractivity contribution is 0.00418. The Bertz CT molecular complexity index is 228. The van der Waals surface area contributed by atoms with Crippen molar-refractivity contribution < 1.29 is 8.78 Å². The van der Waals surface area contributed by atoms with Gasteiger partial charge >= 0.3 is 0 Å². The van der Waals surface area contributed by atoms with Crippen LogP contribution in [0.1, 0.15) is 32.1 Å². The first-order valence-corrected chi connectivity index (χ1v) is 4.80. The van der Waals surface area contributed by atoms with Gasteiger partial charge in [-0.3, -0.25) is 5.41 Å². The Morgan fingerprint density at radius 2 is 2.23 bits per heavy atom. The summed E-state index contributed by atoms with van der Waals surface area (Å²) in [5.41, 5.74) is 0. The smallest absolute Gasteiger partial charge is 0.250 e. The first-order valence-electron chi connectivity index (χ1n) is 4.80. The van der Waals surface area contributed by atoms with Crippen molar-refractivity contribution in [2.45, 2.75) is 44.1 Å². The van der Waals surface area contributed by atoms with Crippen LogP contribution < -0.4 is 0 Å². The normalized spacial score (nSPS) is 32.9. The lowest BCUT2D eigenvalue weighted by Gasteiger charge is -2.25. The van der Waals surface area contributed by atoms with E-state index in [0.29, 0.717) is 12.3 Å². The molecule has 1 atom stereocenters. The van der Waals surface area contributed by atoms with Gasteiger partial charge in [0.2, 0.25) is 5.92 Å². The zero-order valence-corrected chi connectivity index (χ0v) is 7.52. The highest BCUT2D eigenvalue weighted by Gasteiger charge is 2.43. The molecular weight excluding hydrogens is 174 g/mol. The fourth-order valence-corrected chi connectivity index (χ4v) is 2.29. The molecule has 0 radical (unpaired) electrons. The number of nitrogens with one attached hydrogen (secondary N) is 1. The fraction of sp³-hybridized carbons (Fsp3) is 0.889. The number of rotatable bonds is 1. The second kappa shape index (κ2) is 2.93. The quantitative estimate of drug-likeness (QED) is 0.671. The second-order valence-corrected chi connectivity index (χ2v) is 4.00. The second-order valence-electron chi connectivity index (χ2n) is 4.00. The lowest BCUT2D eigenvalue weighted by atomic mass is 10.2. The van der Waals surface area contributed by atoms with Gasteiger partial charge in [-0.05, 0) is 12.8 Å². The van der Waals surface area contributed by atoms with Crippen molar-refractivity contribution in [2.24, 2.45) is 0 Å². The topological polar surface area (TPSA) is 27.1 Å². The molecule has 1 unspecified atom stereocenters. The van der Waals surface area contributed by atoms with Gasteiger partial charge in [0.1, 0.15) is 0 Å². The molecule has 0 spiro atoms. The summed E-state index contributed by atoms with van der Waals surface area (Å²) in [7, 11) is 0. The summed E-state index contributed by atoms with van der Waals surface area (Å²) in [5.74, 6) is -1.92. The van der Waals surface area contributed by atoms with E-state index in [4.69, 9.17) is 5.41 Å². The predicted molar refractivity (Wildman–Crippen MR) is 46.3 cm³/mol. The molecule has 0 aromatic heterocycles. The van der Waals surface area contributed by atoms with Crippen LogP contribution >= 0.6 is 0 Å². The van der Waals surface area contributed by atoms with Crippen LogP contribution in [0.15, 0.2) is 0 Å². The van der Waals surface area contributed by atoms with Gasteiger partial charge in [0, 0.05) is 31.8 Å². The average molecular weight is 188 g/mol. The zero-order valence-electron chi connectivity index (χ0n) is 7.52. The van der Waals surface area contributed by atoms with Crippen LogP contribution in [-0.4, -0.2) is 29.2 Å². The molecule has 0 aromatic rings. The summed E-state index contributed by atoms with van der Waals surface area (Å²) >= 11 is 0. The Morgan fingerprint density at radius 3 is 2.69 bits per heavy atom. The molecule has 1 aliphatic carbocycles. The molecule has 1 aliphatic heterocycles. The molecule has 2 nitrogen and oxygen atoms in total. The molecule has 0 amide bonds. The standard InChI is InChI=1S/C9H14F2N2/c10-9(11)4-3-7(6-9)13-5-1-2-8(13)12/h7,12H,1-6H2. The van der Waals surface area contributed by atoms with E-state index in [1.807, 2.05) is 4.90 Å². The van der Waals surface area contributed by atoms with Crippen molar-refractivity contribution in [2.75, 3.05) is 6.54 Å². The van der Waals surface area contributed by atoms with E-state index in [2.05, 4.69) is 0 Å². The highest BCUT2D eigenvalue weighted by Crippen LogP contribution is 2.38. The molecule has 1 heterocycles. The minimum absolute atomic E-state index is 0.00144. The highest BCUT2D eigenvalue weighted by molar-refractivity contribution is 5.81. The minimum Gasteiger partial charge on any atom is -0.357 e. The minimum atomic E-state index is -2.48. The Labute approximate surface area is 76.4 Å². The molecule has 4 heteroatoms. The SMILES string of the molecule is N=C1CCCN1C1CCC(F)(F)C1. The van der Waals surface area contributed by atoms with Crippen LogP contribution in [0.5, 0.6) is 0 Å². The van der Waals surface area contributed by atoms with Gasteiger partial charge in [-0.1, -0.05) is 0 Å². The first kappa shape index (κ1) is 8.91. The van der Waals surface area contributed by atoms with Crippen molar-refractivity contribution in [3.63, 3.8) is 0 Å². The molecule has 2 fully saturated rings. The van der Waals surface area contributed by atoms with Crippen LogP contribution in [0.3, 0.4) is 0 Å². The molecule has 2 rings (SSSR count). The molecule has 0 bridgehead atoms. The Balaban J connectivity index is 1.99. The number of hydrogen-bond donors (Lipinski definition) is 1. The van der Waals surface area contributed by atoms with Gasteiger partial charge in [0.25, 0.3) is 0 Å². The maximum atomic E-state index is 12.9. The maximum absolute atomic E-state index is 12.9. The van der Waals surface area contributed by atoms with E-state index in [9.17, 15) is 8.78 Å². The van der Waals surface area contributed by atoms with Crippen molar-refractivity contribution in [1.82, 2.24) is 4.90 Å². The Hall–Kier alpha value is -0.670. The van der Waals surface area contributed by atoms with E-state index < -0.39 is 5.92 Å². The van der Waals surface area contributed by atoms with E-state index in [1.165, 1.54) is 0 Å². The van der Waals surface area contributed by atoms with Crippen LogP contribution in [0.25, 0.3) is 0 Å². The van der Waals surface area contributed by atoms with E-state index in [0.717, 1.165) is 19.4 Å². The molecule has 13 heavy (non-hydrogen) atoms. The van der Waals surface area contributed by atoms with Gasteiger partial charge in [-0.2, -0.15) is 0 Å². The lowest BCUT2D eigenvalue weighted by Crippen LogP contribution is -2.34. The number of alkyl halides is 2. The van der Waals surface area contributed by atoms with E-state index in [1.54, 1.807) is 0 Å². The van der Waals surface area contributed by atoms with Gasteiger partial charge in [-0.25, -0.2) is 8.78 Å². The third-order valence-electron chi connectivity index (χ3n) is 2.98. The molecule has 1 N–H and O–H groups in total. The number of halogens is 2. The maximum Gasteiger partial charge on any atom is 0.250 e. The Kier molecular flexibility index (Phi) is 2.00. The highest BCUT2D eigenvalue weighted by atomic mass is 19.3. The van der Waals surface area contributed by atoms with Gasteiger partial charge in [0.05, 0.1) is 5.84 Å². The largest absolute Gasteiger partial charge is 0.357 e. The van der Waals surface area contributed by atoms with Crippen molar-refractivity contribution >= 4 is 5.84 Å². The monoisotopic (exact) mass is 188 g/mol. The summed E-state index contributed by atoms with van der Waals surface area (Å²) in [5, 5.41) is 7.58. The van der Waals surface area contributed by atoms with Gasteiger partial charge < -0.3 is 4.90 Å². The molecular formula is C9H14F2N2. The van der Waals surface area contributed by atoms with Crippen LogP contribution in [0.2, 0.25) is 0 Å². The fourth-order valence-electron chi connectivity index (χ4n) is 2.29. The summed E-state index contributed by atoms with van der Waals surface area (Å²) in [6.45, 7) is 0.805. The molecule has 1 saturated heterocycles. The number of hydrogen-bond acceptors (Lipinski definition) is 1. The third-order valence-corrected chi connectivity index (χ3v) is 2.98. The van der Waals surface area contributed by atoms with Gasteiger partial charge in [-0.15, -0.1) is 0 Å². The van der Waals surface area contributed by atoms with Crippen LogP contribution in [0, 0.1) is 5.41 Å². The average Bonchev–Trinajstić information content (AvgIpc) is 2.56. The third kappa shape index (κ3) is 1.67. The van der Waals surface area contributed by atoms with Gasteiger partial charge in [0.15, 0.2) is 0 Å². The summed E-state index contributed by atoms with van der Waals surface area (Å²) in [6, 6.07) is -0.0648. The van der Waals surface area contributed by atoms with Crippen LogP contribution in [0.4, 0.5) is 8.78 Å². The predicted octanol–water partition coefficient (Wildman–Crippen LogP) is 2.25. The molecule has 74 valence electrons. The van der Waals surface area contributed by atoms with E-state index >= 15 is 0 Å². The van der Waals surface area contributed by atoms with Crippen molar-refractivity contribution in [1.29, 1.82) is 5.41 Å². The zero-order chi connectivity index (χ0) is 9.47. The number of nitrogens with zero attached hydrogens (tertiary/aromatic N) is 1. The summed E-state index contributed by atoms with van der Waals surface area (Å²) in [6.07, 6.45) is 2.23. The van der Waals surface area contributed by atoms with Crippen LogP contribution in [-0.2, 0) is 0 Å². The molecule has 0 aromatic carbocycles. The summed E-state index contributed by atoms with van der Waals surface area (Å²) < 4.78 is 25.8. The number of amidine groups is 1. The van der Waals surface area contributed by atoms with Crippen molar-refractivity contribution in [3.05, 3.63) is 0 Å². The first-order chi connectivity index (χ1) is 6.08.